The van der Waals surface area contributed by atoms with Gasteiger partial charge in [0.15, 0.2) is 5.65 Å². The van der Waals surface area contributed by atoms with E-state index in [0.717, 1.165) is 29.0 Å². The van der Waals surface area contributed by atoms with Gasteiger partial charge < -0.3 is 9.80 Å². The lowest BCUT2D eigenvalue weighted by atomic mass is 10.1. The summed E-state index contributed by atoms with van der Waals surface area (Å²) in [6.45, 7) is 3.62. The van der Waals surface area contributed by atoms with Crippen LogP contribution in [0, 0.1) is 0 Å². The van der Waals surface area contributed by atoms with Gasteiger partial charge in [-0.05, 0) is 31.3 Å². The molecule has 5 aromatic rings. The summed E-state index contributed by atoms with van der Waals surface area (Å²) in [5.74, 6) is 0.306. The molecule has 0 radical (unpaired) electrons. The molecule has 1 aliphatic heterocycles. The number of pyridine rings is 2. The van der Waals surface area contributed by atoms with E-state index in [1.165, 1.54) is 11.3 Å². The molecular weight excluding hydrogens is 488 g/mol. The molecule has 6 rings (SSSR count). The lowest BCUT2D eigenvalue weighted by Crippen LogP contribution is -2.53. The molecule has 0 spiro atoms. The number of amides is 1. The number of hydrogen-bond acceptors (Lipinski definition) is 9. The Morgan fingerprint density at radius 1 is 1.11 bits per heavy atom. The first-order valence-electron chi connectivity index (χ1n) is 12.1. The summed E-state index contributed by atoms with van der Waals surface area (Å²) >= 11 is 1.43. The molecule has 188 valence electrons. The number of hydrazine groups is 1. The SMILES string of the molecule is CN1CCN(NC(=O)c2c(=O)c3ccc(N(C)Cc4cnccn4)nc3n3c2sc2ccccc23)CC1. The molecule has 37 heavy (non-hydrogen) atoms. The molecule has 1 saturated heterocycles. The Morgan fingerprint density at radius 3 is 2.70 bits per heavy atom. The first-order valence-corrected chi connectivity index (χ1v) is 12.9. The number of nitrogens with zero attached hydrogens (tertiary/aromatic N) is 7. The third-order valence-corrected chi connectivity index (χ3v) is 7.82. The zero-order valence-corrected chi connectivity index (χ0v) is 21.4. The number of carbonyl (C=O) groups excluding carboxylic acids is 1. The summed E-state index contributed by atoms with van der Waals surface area (Å²) in [5.41, 5.74) is 5.05. The number of fused-ring (bicyclic) bond motifs is 5. The summed E-state index contributed by atoms with van der Waals surface area (Å²) < 4.78 is 2.91. The van der Waals surface area contributed by atoms with E-state index in [1.54, 1.807) is 24.7 Å². The predicted molar refractivity (Wildman–Crippen MR) is 145 cm³/mol. The van der Waals surface area contributed by atoms with E-state index in [-0.39, 0.29) is 16.9 Å². The maximum Gasteiger partial charge on any atom is 0.272 e. The van der Waals surface area contributed by atoms with Crippen molar-refractivity contribution in [2.45, 2.75) is 6.54 Å². The van der Waals surface area contributed by atoms with Gasteiger partial charge in [0.1, 0.15) is 16.2 Å². The largest absolute Gasteiger partial charge is 0.354 e. The van der Waals surface area contributed by atoms with Crippen LogP contribution in [0.25, 0.3) is 26.1 Å². The Bertz CT molecular complexity index is 1680. The molecular formula is C26H26N8O2S. The normalized spacial score (nSPS) is 15.0. The van der Waals surface area contributed by atoms with Crippen molar-refractivity contribution in [3.63, 3.8) is 0 Å². The molecule has 4 aromatic heterocycles. The topological polar surface area (TPSA) is 99.0 Å². The highest BCUT2D eigenvalue weighted by Gasteiger charge is 2.25. The highest BCUT2D eigenvalue weighted by molar-refractivity contribution is 7.24. The summed E-state index contributed by atoms with van der Waals surface area (Å²) in [7, 11) is 3.98. The minimum atomic E-state index is -0.385. The molecule has 0 atom stereocenters. The number of aromatic nitrogens is 4. The number of piperazine rings is 1. The van der Waals surface area contributed by atoms with E-state index in [4.69, 9.17) is 4.98 Å². The van der Waals surface area contributed by atoms with Crippen molar-refractivity contribution in [2.75, 3.05) is 45.2 Å². The first-order chi connectivity index (χ1) is 18.0. The third-order valence-electron chi connectivity index (χ3n) is 6.67. The lowest BCUT2D eigenvalue weighted by molar-refractivity contribution is 0.0663. The third kappa shape index (κ3) is 4.31. The van der Waals surface area contributed by atoms with Crippen molar-refractivity contribution in [2.24, 2.45) is 0 Å². The van der Waals surface area contributed by atoms with Crippen molar-refractivity contribution >= 4 is 49.1 Å². The second-order valence-electron chi connectivity index (χ2n) is 9.24. The lowest BCUT2D eigenvalue weighted by Gasteiger charge is -2.32. The van der Waals surface area contributed by atoms with Gasteiger partial charge in [-0.15, -0.1) is 11.3 Å². The smallest absolute Gasteiger partial charge is 0.272 e. The van der Waals surface area contributed by atoms with Gasteiger partial charge in [0.2, 0.25) is 5.43 Å². The predicted octanol–water partition coefficient (Wildman–Crippen LogP) is 2.38. The fraction of sp³-hybridized carbons (Fsp3) is 0.269. The molecule has 1 amide bonds. The van der Waals surface area contributed by atoms with Crippen molar-refractivity contribution in [1.29, 1.82) is 0 Å². The van der Waals surface area contributed by atoms with Crippen molar-refractivity contribution < 1.29 is 4.79 Å². The molecule has 0 unspecified atom stereocenters. The van der Waals surface area contributed by atoms with E-state index in [1.807, 2.05) is 51.7 Å². The van der Waals surface area contributed by atoms with Crippen LogP contribution in [-0.4, -0.2) is 75.4 Å². The molecule has 11 heteroatoms. The number of thiazole rings is 1. The van der Waals surface area contributed by atoms with Gasteiger partial charge in [-0.1, -0.05) is 12.1 Å². The molecule has 0 bridgehead atoms. The Kier molecular flexibility index (Phi) is 6.03. The molecule has 10 nitrogen and oxygen atoms in total. The average molecular weight is 515 g/mol. The number of para-hydroxylation sites is 1. The average Bonchev–Trinajstić information content (AvgIpc) is 3.29. The number of rotatable bonds is 5. The highest BCUT2D eigenvalue weighted by atomic mass is 32.1. The second kappa shape index (κ2) is 9.51. The highest BCUT2D eigenvalue weighted by Crippen LogP contribution is 2.31. The van der Waals surface area contributed by atoms with Gasteiger partial charge in [-0.3, -0.25) is 29.4 Å². The summed E-state index contributed by atoms with van der Waals surface area (Å²) in [6.07, 6.45) is 5.02. The number of hydrogen-bond donors (Lipinski definition) is 1. The quantitative estimate of drug-likeness (QED) is 0.382. The minimum absolute atomic E-state index is 0.148. The maximum absolute atomic E-state index is 13.8. The fourth-order valence-corrected chi connectivity index (χ4v) is 5.83. The van der Waals surface area contributed by atoms with Gasteiger partial charge >= 0.3 is 0 Å². The van der Waals surface area contributed by atoms with E-state index >= 15 is 0 Å². The van der Waals surface area contributed by atoms with E-state index in [9.17, 15) is 9.59 Å². The van der Waals surface area contributed by atoms with Crippen LogP contribution >= 0.6 is 11.3 Å². The summed E-state index contributed by atoms with van der Waals surface area (Å²) in [5, 5.41) is 2.29. The molecule has 5 heterocycles. The van der Waals surface area contributed by atoms with Crippen LogP contribution in [0.3, 0.4) is 0 Å². The number of benzene rings is 1. The minimum Gasteiger partial charge on any atom is -0.354 e. The Hall–Kier alpha value is -3.93. The number of anilines is 1. The van der Waals surface area contributed by atoms with Crippen LogP contribution in [0.2, 0.25) is 0 Å². The van der Waals surface area contributed by atoms with Crippen LogP contribution in [0.1, 0.15) is 16.1 Å². The van der Waals surface area contributed by atoms with Crippen LogP contribution in [0.4, 0.5) is 5.82 Å². The molecule has 1 N–H and O–H groups in total. The van der Waals surface area contributed by atoms with Gasteiger partial charge in [0.25, 0.3) is 5.91 Å². The van der Waals surface area contributed by atoms with Gasteiger partial charge in [-0.25, -0.2) is 9.99 Å². The summed E-state index contributed by atoms with van der Waals surface area (Å²) in [4.78, 5) is 45.4. The molecule has 1 aromatic carbocycles. The zero-order chi connectivity index (χ0) is 25.5. The second-order valence-corrected chi connectivity index (χ2v) is 10.3. The van der Waals surface area contributed by atoms with Crippen molar-refractivity contribution in [1.82, 2.24) is 34.7 Å². The van der Waals surface area contributed by atoms with E-state index in [0.29, 0.717) is 41.3 Å². The molecule has 0 saturated carbocycles. The van der Waals surface area contributed by atoms with Gasteiger partial charge in [-0.2, -0.15) is 0 Å². The number of likely N-dealkylation sites (N-methyl/N-ethyl adjacent to an activating group) is 1. The van der Waals surface area contributed by atoms with Crippen molar-refractivity contribution in [3.05, 3.63) is 76.5 Å². The first kappa shape index (κ1) is 23.5. The van der Waals surface area contributed by atoms with Crippen LogP contribution < -0.4 is 15.8 Å². The number of carbonyl (C=O) groups is 1. The monoisotopic (exact) mass is 514 g/mol. The standard InChI is InChI=1S/C26H26N8O2S/c1-31-11-13-33(14-12-31)30-25(36)22-23(35)18-7-8-21(32(2)16-17-15-27-9-10-28-17)29-24(18)34-19-5-3-4-6-20(19)37-26(22)34/h3-10,15H,11-14,16H2,1-2H3,(H,30,36). The van der Waals surface area contributed by atoms with Crippen molar-refractivity contribution in [3.8, 4) is 0 Å². The fourth-order valence-electron chi connectivity index (χ4n) is 4.64. The Labute approximate surface area is 216 Å². The van der Waals surface area contributed by atoms with Gasteiger partial charge in [0, 0.05) is 45.6 Å². The molecule has 0 aliphatic carbocycles. The van der Waals surface area contributed by atoms with Crippen LogP contribution in [-0.2, 0) is 6.54 Å². The Balaban J connectivity index is 1.48. The summed E-state index contributed by atoms with van der Waals surface area (Å²) in [6, 6.07) is 11.5. The maximum atomic E-state index is 13.8. The van der Waals surface area contributed by atoms with E-state index < -0.39 is 0 Å². The molecule has 1 aliphatic rings. The Morgan fingerprint density at radius 2 is 1.92 bits per heavy atom. The van der Waals surface area contributed by atoms with Crippen LogP contribution in [0.5, 0.6) is 0 Å². The number of nitrogens with one attached hydrogen (secondary N) is 1. The van der Waals surface area contributed by atoms with Crippen LogP contribution in [0.15, 0.2) is 59.8 Å². The molecule has 1 fully saturated rings. The zero-order valence-electron chi connectivity index (χ0n) is 20.6. The van der Waals surface area contributed by atoms with E-state index in [2.05, 4.69) is 27.3 Å². The van der Waals surface area contributed by atoms with Gasteiger partial charge in [0.05, 0.1) is 34.0 Å².